The molecule has 3 rings (SSSR count). The van der Waals surface area contributed by atoms with Crippen LogP contribution in [0.2, 0.25) is 5.15 Å². The van der Waals surface area contributed by atoms with Crippen molar-refractivity contribution >= 4 is 17.3 Å². The van der Waals surface area contributed by atoms with Gasteiger partial charge >= 0.3 is 0 Å². The molecule has 1 atom stereocenters. The highest BCUT2D eigenvalue weighted by Gasteiger charge is 2.26. The van der Waals surface area contributed by atoms with Gasteiger partial charge in [0.15, 0.2) is 11.0 Å². The summed E-state index contributed by atoms with van der Waals surface area (Å²) in [5.74, 6) is 1.94. The fourth-order valence-corrected chi connectivity index (χ4v) is 2.41. The Hall–Kier alpha value is -1.62. The molecule has 2 aromatic rings. The van der Waals surface area contributed by atoms with Crippen molar-refractivity contribution in [1.82, 2.24) is 15.1 Å². The van der Waals surface area contributed by atoms with Crippen molar-refractivity contribution in [2.45, 2.75) is 44.6 Å². The molecular formula is C14H17ClN4O. The third kappa shape index (κ3) is 2.63. The van der Waals surface area contributed by atoms with E-state index in [0.717, 1.165) is 30.8 Å². The van der Waals surface area contributed by atoms with Crippen molar-refractivity contribution in [1.29, 1.82) is 0 Å². The Morgan fingerprint density at radius 2 is 2.35 bits per heavy atom. The lowest BCUT2D eigenvalue weighted by atomic mass is 9.85. The molecule has 0 bridgehead atoms. The molecule has 0 saturated heterocycles. The summed E-state index contributed by atoms with van der Waals surface area (Å²) in [7, 11) is 0. The summed E-state index contributed by atoms with van der Waals surface area (Å²) in [4.78, 5) is 8.58. The van der Waals surface area contributed by atoms with Crippen molar-refractivity contribution in [3.05, 3.63) is 35.2 Å². The lowest BCUT2D eigenvalue weighted by Crippen LogP contribution is -2.13. The number of pyridine rings is 1. The predicted octanol–water partition coefficient (Wildman–Crippen LogP) is 3.95. The Kier molecular flexibility index (Phi) is 3.87. The van der Waals surface area contributed by atoms with Gasteiger partial charge in [-0.2, -0.15) is 4.98 Å². The smallest absolute Gasteiger partial charge is 0.249 e. The van der Waals surface area contributed by atoms with Gasteiger partial charge in [-0.05, 0) is 31.4 Å². The number of nitrogens with one attached hydrogen (secondary N) is 1. The standard InChI is InChI=1S/C14H17ClN4O/c1-2-10(17-11-7-4-8-16-12(11)15)14-18-13(19-20-14)9-5-3-6-9/h4,7-10,17H,2-3,5-6H2,1H3. The van der Waals surface area contributed by atoms with Crippen LogP contribution in [-0.2, 0) is 0 Å². The van der Waals surface area contributed by atoms with E-state index in [-0.39, 0.29) is 6.04 Å². The number of halogens is 1. The third-order valence-electron chi connectivity index (χ3n) is 3.72. The number of aromatic nitrogens is 3. The van der Waals surface area contributed by atoms with Gasteiger partial charge in [0.1, 0.15) is 6.04 Å². The van der Waals surface area contributed by atoms with Crippen molar-refractivity contribution in [3.8, 4) is 0 Å². The summed E-state index contributed by atoms with van der Waals surface area (Å²) in [5.41, 5.74) is 0.782. The zero-order chi connectivity index (χ0) is 13.9. The van der Waals surface area contributed by atoms with Gasteiger partial charge in [-0.15, -0.1) is 0 Å². The normalized spacial score (nSPS) is 16.7. The maximum Gasteiger partial charge on any atom is 0.249 e. The zero-order valence-corrected chi connectivity index (χ0v) is 12.1. The van der Waals surface area contributed by atoms with Gasteiger partial charge in [-0.3, -0.25) is 0 Å². The molecule has 106 valence electrons. The molecule has 1 aliphatic carbocycles. The average molecular weight is 293 g/mol. The number of hydrogen-bond donors (Lipinski definition) is 1. The molecule has 1 aliphatic rings. The first-order chi connectivity index (χ1) is 9.78. The van der Waals surface area contributed by atoms with E-state index in [4.69, 9.17) is 16.1 Å². The maximum atomic E-state index is 6.06. The summed E-state index contributed by atoms with van der Waals surface area (Å²) >= 11 is 6.06. The van der Waals surface area contributed by atoms with Crippen LogP contribution in [0.25, 0.3) is 0 Å². The van der Waals surface area contributed by atoms with E-state index in [2.05, 4.69) is 27.4 Å². The summed E-state index contributed by atoms with van der Waals surface area (Å²) in [5, 5.41) is 7.86. The zero-order valence-electron chi connectivity index (χ0n) is 11.3. The van der Waals surface area contributed by atoms with E-state index in [1.54, 1.807) is 6.20 Å². The topological polar surface area (TPSA) is 63.8 Å². The number of rotatable bonds is 5. The van der Waals surface area contributed by atoms with E-state index in [0.29, 0.717) is 17.0 Å². The summed E-state index contributed by atoms with van der Waals surface area (Å²) in [6, 6.07) is 3.69. The third-order valence-corrected chi connectivity index (χ3v) is 4.02. The average Bonchev–Trinajstić information content (AvgIpc) is 2.85. The fraction of sp³-hybridized carbons (Fsp3) is 0.500. The van der Waals surface area contributed by atoms with Crippen LogP contribution >= 0.6 is 11.6 Å². The summed E-state index contributed by atoms with van der Waals surface area (Å²) < 4.78 is 5.40. The molecule has 0 spiro atoms. The highest BCUT2D eigenvalue weighted by Crippen LogP contribution is 2.35. The van der Waals surface area contributed by atoms with Crippen LogP contribution < -0.4 is 5.32 Å². The molecule has 0 radical (unpaired) electrons. The molecule has 20 heavy (non-hydrogen) atoms. The number of anilines is 1. The van der Waals surface area contributed by atoms with Gasteiger partial charge in [0.25, 0.3) is 0 Å². The second-order valence-corrected chi connectivity index (χ2v) is 5.42. The molecule has 0 amide bonds. The summed E-state index contributed by atoms with van der Waals surface area (Å²) in [6.07, 6.45) is 6.08. The molecule has 1 unspecified atom stereocenters. The van der Waals surface area contributed by atoms with Gasteiger partial charge < -0.3 is 9.84 Å². The highest BCUT2D eigenvalue weighted by atomic mass is 35.5. The minimum Gasteiger partial charge on any atom is -0.371 e. The lowest BCUT2D eigenvalue weighted by Gasteiger charge is -2.21. The second kappa shape index (κ2) is 5.79. The highest BCUT2D eigenvalue weighted by molar-refractivity contribution is 6.31. The van der Waals surface area contributed by atoms with Gasteiger partial charge in [0, 0.05) is 12.1 Å². The van der Waals surface area contributed by atoms with Crippen LogP contribution in [0.15, 0.2) is 22.9 Å². The lowest BCUT2D eigenvalue weighted by molar-refractivity contribution is 0.337. The van der Waals surface area contributed by atoms with Crippen LogP contribution in [0.4, 0.5) is 5.69 Å². The molecule has 2 aromatic heterocycles. The number of nitrogens with zero attached hydrogens (tertiary/aromatic N) is 3. The molecule has 1 N–H and O–H groups in total. The van der Waals surface area contributed by atoms with Crippen molar-refractivity contribution in [3.63, 3.8) is 0 Å². The Morgan fingerprint density at radius 1 is 1.50 bits per heavy atom. The minimum atomic E-state index is -0.0435. The van der Waals surface area contributed by atoms with Crippen molar-refractivity contribution < 1.29 is 4.52 Å². The van der Waals surface area contributed by atoms with Crippen LogP contribution in [0.5, 0.6) is 0 Å². The van der Waals surface area contributed by atoms with Crippen LogP contribution in [0.3, 0.4) is 0 Å². The summed E-state index contributed by atoms with van der Waals surface area (Å²) in [6.45, 7) is 2.06. The van der Waals surface area contributed by atoms with Crippen LogP contribution in [0.1, 0.15) is 56.3 Å². The Bertz CT molecular complexity index is 582. The SMILES string of the molecule is CCC(Nc1cccnc1Cl)c1nc(C2CCC2)no1. The Balaban J connectivity index is 1.76. The molecule has 1 saturated carbocycles. The Labute approximate surface area is 122 Å². The first kappa shape index (κ1) is 13.4. The fourth-order valence-electron chi connectivity index (χ4n) is 2.24. The second-order valence-electron chi connectivity index (χ2n) is 5.07. The van der Waals surface area contributed by atoms with Crippen molar-refractivity contribution in [2.75, 3.05) is 5.32 Å². The molecular weight excluding hydrogens is 276 g/mol. The predicted molar refractivity (Wildman–Crippen MR) is 76.8 cm³/mol. The van der Waals surface area contributed by atoms with E-state index < -0.39 is 0 Å². The molecule has 0 aromatic carbocycles. The van der Waals surface area contributed by atoms with E-state index in [1.807, 2.05) is 12.1 Å². The van der Waals surface area contributed by atoms with Crippen LogP contribution in [0, 0.1) is 0 Å². The molecule has 6 heteroatoms. The van der Waals surface area contributed by atoms with E-state index in [9.17, 15) is 0 Å². The molecule has 0 aliphatic heterocycles. The molecule has 2 heterocycles. The monoisotopic (exact) mass is 292 g/mol. The quantitative estimate of drug-likeness (QED) is 0.845. The largest absolute Gasteiger partial charge is 0.371 e. The Morgan fingerprint density at radius 3 is 3.00 bits per heavy atom. The van der Waals surface area contributed by atoms with Gasteiger partial charge in [-0.25, -0.2) is 4.98 Å². The van der Waals surface area contributed by atoms with Crippen molar-refractivity contribution in [2.24, 2.45) is 0 Å². The van der Waals surface area contributed by atoms with Gasteiger partial charge in [-0.1, -0.05) is 30.1 Å². The maximum absolute atomic E-state index is 6.06. The van der Waals surface area contributed by atoms with E-state index in [1.165, 1.54) is 6.42 Å². The molecule has 1 fully saturated rings. The van der Waals surface area contributed by atoms with Crippen LogP contribution in [-0.4, -0.2) is 15.1 Å². The molecule has 5 nitrogen and oxygen atoms in total. The van der Waals surface area contributed by atoms with Gasteiger partial charge in [0.2, 0.25) is 5.89 Å². The minimum absolute atomic E-state index is 0.0435. The van der Waals surface area contributed by atoms with E-state index >= 15 is 0 Å². The number of hydrogen-bond acceptors (Lipinski definition) is 5. The van der Waals surface area contributed by atoms with Gasteiger partial charge in [0.05, 0.1) is 5.69 Å². The first-order valence-electron chi connectivity index (χ1n) is 6.98. The first-order valence-corrected chi connectivity index (χ1v) is 7.36.